The molecule has 0 aromatic heterocycles. The number of hydrogen-bond acceptors (Lipinski definition) is 2. The van der Waals surface area contributed by atoms with Crippen LogP contribution in [-0.4, -0.2) is 5.60 Å². The average Bonchev–Trinajstić information content (AvgIpc) is 2.39. The van der Waals surface area contributed by atoms with Gasteiger partial charge in [-0.15, -0.1) is 0 Å². The van der Waals surface area contributed by atoms with E-state index in [1.54, 1.807) is 0 Å². The first-order chi connectivity index (χ1) is 9.54. The lowest BCUT2D eigenvalue weighted by Gasteiger charge is -2.39. The number of nitrogens with two attached hydrogens (primary N) is 1. The quantitative estimate of drug-likeness (QED) is 0.728. The summed E-state index contributed by atoms with van der Waals surface area (Å²) in [7, 11) is 0. The molecule has 0 radical (unpaired) electrons. The molecule has 0 aliphatic carbocycles. The monoisotopic (exact) mass is 295 g/mol. The molecule has 1 aromatic carbocycles. The standard InChI is InChI=1S/C17H26ClNO/c1-3-4-5-6-7-10-17(2)12-15(19)14-11-13(18)8-9-16(14)20-17/h8-9,11,15H,3-7,10,12,19H2,1-2H3/t15-,17?/m0/s1. The van der Waals surface area contributed by atoms with E-state index in [4.69, 9.17) is 22.1 Å². The lowest BCUT2D eigenvalue weighted by atomic mass is 9.85. The first-order valence-corrected chi connectivity index (χ1v) is 8.16. The molecule has 0 fully saturated rings. The van der Waals surface area contributed by atoms with Crippen LogP contribution in [0.5, 0.6) is 5.75 Å². The molecule has 0 amide bonds. The first-order valence-electron chi connectivity index (χ1n) is 7.78. The smallest absolute Gasteiger partial charge is 0.125 e. The van der Waals surface area contributed by atoms with Gasteiger partial charge in [-0.05, 0) is 38.0 Å². The van der Waals surface area contributed by atoms with E-state index in [9.17, 15) is 0 Å². The Balaban J connectivity index is 1.96. The van der Waals surface area contributed by atoms with Gasteiger partial charge < -0.3 is 10.5 Å². The Morgan fingerprint density at radius 3 is 2.80 bits per heavy atom. The number of rotatable bonds is 6. The topological polar surface area (TPSA) is 35.2 Å². The normalized spacial score (nSPS) is 25.1. The number of fused-ring (bicyclic) bond motifs is 1. The highest BCUT2D eigenvalue weighted by molar-refractivity contribution is 6.30. The fourth-order valence-corrected chi connectivity index (χ4v) is 3.22. The molecule has 0 bridgehead atoms. The first kappa shape index (κ1) is 15.7. The summed E-state index contributed by atoms with van der Waals surface area (Å²) in [5.41, 5.74) is 7.21. The fraction of sp³-hybridized carbons (Fsp3) is 0.647. The highest BCUT2D eigenvalue weighted by atomic mass is 35.5. The van der Waals surface area contributed by atoms with Gasteiger partial charge in [0, 0.05) is 23.0 Å². The van der Waals surface area contributed by atoms with Crippen molar-refractivity contribution in [2.24, 2.45) is 5.73 Å². The van der Waals surface area contributed by atoms with Crippen LogP contribution in [0.1, 0.15) is 70.4 Å². The van der Waals surface area contributed by atoms with Crippen LogP contribution in [-0.2, 0) is 0 Å². The van der Waals surface area contributed by atoms with Gasteiger partial charge in [0.1, 0.15) is 11.4 Å². The number of unbranched alkanes of at least 4 members (excludes halogenated alkanes) is 4. The van der Waals surface area contributed by atoms with Crippen LogP contribution in [0.2, 0.25) is 5.02 Å². The van der Waals surface area contributed by atoms with Crippen LogP contribution in [0.4, 0.5) is 0 Å². The SMILES string of the molecule is CCCCCCCC1(C)C[C@H](N)c2cc(Cl)ccc2O1. The van der Waals surface area contributed by atoms with E-state index in [-0.39, 0.29) is 11.6 Å². The van der Waals surface area contributed by atoms with Crippen molar-refractivity contribution >= 4 is 11.6 Å². The van der Waals surface area contributed by atoms with E-state index in [0.29, 0.717) is 0 Å². The largest absolute Gasteiger partial charge is 0.487 e. The van der Waals surface area contributed by atoms with E-state index in [1.165, 1.54) is 32.1 Å². The van der Waals surface area contributed by atoms with Crippen molar-refractivity contribution in [1.82, 2.24) is 0 Å². The summed E-state index contributed by atoms with van der Waals surface area (Å²) in [6, 6.07) is 5.78. The van der Waals surface area contributed by atoms with Gasteiger partial charge in [-0.1, -0.05) is 44.2 Å². The molecule has 1 aliphatic heterocycles. The summed E-state index contributed by atoms with van der Waals surface area (Å²) in [6.45, 7) is 4.43. The lowest BCUT2D eigenvalue weighted by Crippen LogP contribution is -2.40. The molecular formula is C17H26ClNO. The Hall–Kier alpha value is -0.730. The Morgan fingerprint density at radius 2 is 2.05 bits per heavy atom. The highest BCUT2D eigenvalue weighted by Gasteiger charge is 2.35. The van der Waals surface area contributed by atoms with Crippen molar-refractivity contribution in [3.63, 3.8) is 0 Å². The average molecular weight is 296 g/mol. The maximum absolute atomic E-state index is 6.30. The van der Waals surface area contributed by atoms with Crippen LogP contribution >= 0.6 is 11.6 Å². The second-order valence-corrected chi connectivity index (χ2v) is 6.65. The van der Waals surface area contributed by atoms with Gasteiger partial charge in [0.15, 0.2) is 0 Å². The van der Waals surface area contributed by atoms with Gasteiger partial charge in [0.25, 0.3) is 0 Å². The minimum atomic E-state index is -0.132. The van der Waals surface area contributed by atoms with Crippen LogP contribution in [0.3, 0.4) is 0 Å². The van der Waals surface area contributed by atoms with Gasteiger partial charge in [-0.2, -0.15) is 0 Å². The van der Waals surface area contributed by atoms with Crippen LogP contribution in [0.25, 0.3) is 0 Å². The number of hydrogen-bond donors (Lipinski definition) is 1. The van der Waals surface area contributed by atoms with Crippen molar-refractivity contribution < 1.29 is 4.74 Å². The van der Waals surface area contributed by atoms with Crippen molar-refractivity contribution in [1.29, 1.82) is 0 Å². The minimum absolute atomic E-state index is 0.0260. The molecule has 20 heavy (non-hydrogen) atoms. The second-order valence-electron chi connectivity index (χ2n) is 6.21. The summed E-state index contributed by atoms with van der Waals surface area (Å²) in [4.78, 5) is 0. The maximum Gasteiger partial charge on any atom is 0.125 e. The Labute approximate surface area is 127 Å². The number of halogens is 1. The van der Waals surface area contributed by atoms with Gasteiger partial charge in [0.2, 0.25) is 0 Å². The zero-order valence-corrected chi connectivity index (χ0v) is 13.4. The van der Waals surface area contributed by atoms with Crippen molar-refractivity contribution in [3.05, 3.63) is 28.8 Å². The van der Waals surface area contributed by atoms with E-state index in [0.717, 1.165) is 29.2 Å². The predicted molar refractivity (Wildman–Crippen MR) is 85.4 cm³/mol. The molecular weight excluding hydrogens is 270 g/mol. The molecule has 0 saturated heterocycles. The Bertz CT molecular complexity index is 449. The lowest BCUT2D eigenvalue weighted by molar-refractivity contribution is 0.0430. The number of ether oxygens (including phenoxy) is 1. The molecule has 2 rings (SSSR count). The summed E-state index contributed by atoms with van der Waals surface area (Å²) in [5.74, 6) is 0.907. The molecule has 0 saturated carbocycles. The summed E-state index contributed by atoms with van der Waals surface area (Å²) in [6.07, 6.45) is 8.39. The molecule has 3 heteroatoms. The second kappa shape index (κ2) is 6.82. The molecule has 0 spiro atoms. The van der Waals surface area contributed by atoms with Gasteiger partial charge in [0.05, 0.1) is 0 Å². The van der Waals surface area contributed by atoms with Gasteiger partial charge in [-0.3, -0.25) is 0 Å². The van der Waals surface area contributed by atoms with E-state index < -0.39 is 0 Å². The zero-order chi connectivity index (χ0) is 14.6. The van der Waals surface area contributed by atoms with Gasteiger partial charge >= 0.3 is 0 Å². The van der Waals surface area contributed by atoms with Crippen LogP contribution < -0.4 is 10.5 Å². The van der Waals surface area contributed by atoms with Crippen molar-refractivity contribution in [2.45, 2.75) is 70.4 Å². The minimum Gasteiger partial charge on any atom is -0.487 e. The van der Waals surface area contributed by atoms with E-state index in [1.807, 2.05) is 18.2 Å². The van der Waals surface area contributed by atoms with Crippen molar-refractivity contribution in [2.75, 3.05) is 0 Å². The maximum atomic E-state index is 6.30. The zero-order valence-electron chi connectivity index (χ0n) is 12.6. The number of benzene rings is 1. The third kappa shape index (κ3) is 3.89. The summed E-state index contributed by atoms with van der Waals surface area (Å²) < 4.78 is 6.21. The molecule has 1 aliphatic rings. The van der Waals surface area contributed by atoms with Gasteiger partial charge in [-0.25, -0.2) is 0 Å². The van der Waals surface area contributed by atoms with Crippen LogP contribution in [0, 0.1) is 0 Å². The molecule has 112 valence electrons. The Morgan fingerprint density at radius 1 is 1.30 bits per heavy atom. The highest BCUT2D eigenvalue weighted by Crippen LogP contribution is 2.41. The molecule has 2 nitrogen and oxygen atoms in total. The summed E-state index contributed by atoms with van der Waals surface area (Å²) in [5, 5.41) is 0.728. The molecule has 1 unspecified atom stereocenters. The van der Waals surface area contributed by atoms with Crippen LogP contribution in [0.15, 0.2) is 18.2 Å². The Kier molecular flexibility index (Phi) is 5.34. The molecule has 2 N–H and O–H groups in total. The summed E-state index contributed by atoms with van der Waals surface area (Å²) >= 11 is 6.03. The van der Waals surface area contributed by atoms with E-state index in [2.05, 4.69) is 13.8 Å². The molecule has 2 atom stereocenters. The third-order valence-corrected chi connectivity index (χ3v) is 4.42. The third-order valence-electron chi connectivity index (χ3n) is 4.19. The predicted octanol–water partition coefficient (Wildman–Crippen LogP) is 5.24. The van der Waals surface area contributed by atoms with E-state index >= 15 is 0 Å². The van der Waals surface area contributed by atoms with Crippen molar-refractivity contribution in [3.8, 4) is 5.75 Å². The molecule has 1 heterocycles. The molecule has 1 aromatic rings. The fourth-order valence-electron chi connectivity index (χ4n) is 3.04.